The van der Waals surface area contributed by atoms with Gasteiger partial charge < -0.3 is 19.7 Å². The lowest BCUT2D eigenvalue weighted by Gasteiger charge is -2.58. The molecule has 0 unspecified atom stereocenters. The van der Waals surface area contributed by atoms with Gasteiger partial charge in [0.15, 0.2) is 5.79 Å². The van der Waals surface area contributed by atoms with Crippen LogP contribution < -0.4 is 0 Å². The van der Waals surface area contributed by atoms with E-state index >= 15 is 0 Å². The van der Waals surface area contributed by atoms with Gasteiger partial charge in [0.25, 0.3) is 0 Å². The van der Waals surface area contributed by atoms with Crippen molar-refractivity contribution in [3.05, 3.63) is 11.6 Å². The predicted octanol–water partition coefficient (Wildman–Crippen LogP) is 4.83. The van der Waals surface area contributed by atoms with E-state index in [0.717, 1.165) is 49.9 Å². The number of fused-ring (bicyclic) bond motifs is 7. The van der Waals surface area contributed by atoms with Crippen molar-refractivity contribution in [1.82, 2.24) is 0 Å². The van der Waals surface area contributed by atoms with Gasteiger partial charge in [0.2, 0.25) is 0 Å². The molecule has 174 valence electrons. The molecule has 0 aromatic rings. The van der Waals surface area contributed by atoms with Crippen molar-refractivity contribution in [3.63, 3.8) is 0 Å². The monoisotopic (exact) mass is 430 g/mol. The molecule has 4 nitrogen and oxygen atoms in total. The Morgan fingerprint density at radius 3 is 2.58 bits per heavy atom. The van der Waals surface area contributed by atoms with Crippen LogP contribution in [0.2, 0.25) is 0 Å². The molecule has 0 amide bonds. The maximum absolute atomic E-state index is 10.4. The van der Waals surface area contributed by atoms with E-state index in [1.165, 1.54) is 25.7 Å². The van der Waals surface area contributed by atoms with E-state index in [1.807, 2.05) is 6.92 Å². The zero-order chi connectivity index (χ0) is 21.8. The number of hydrogen-bond donors (Lipinski definition) is 2. The van der Waals surface area contributed by atoms with Gasteiger partial charge in [-0.05, 0) is 92.8 Å². The third-order valence-corrected chi connectivity index (χ3v) is 11.4. The first-order valence-electron chi connectivity index (χ1n) is 13.0. The number of aliphatic hydroxyl groups excluding tert-OH is 1. The molecule has 2 saturated heterocycles. The molecule has 4 heteroatoms. The van der Waals surface area contributed by atoms with E-state index < -0.39 is 11.4 Å². The lowest BCUT2D eigenvalue weighted by atomic mass is 9.47. The maximum atomic E-state index is 10.4. The van der Waals surface area contributed by atoms with Crippen LogP contribution in [0.3, 0.4) is 0 Å². The van der Waals surface area contributed by atoms with E-state index in [2.05, 4.69) is 26.8 Å². The Balaban J connectivity index is 1.27. The molecule has 5 fully saturated rings. The highest BCUT2D eigenvalue weighted by atomic mass is 16.7. The van der Waals surface area contributed by atoms with E-state index in [9.17, 15) is 10.2 Å². The summed E-state index contributed by atoms with van der Waals surface area (Å²) in [7, 11) is 0. The van der Waals surface area contributed by atoms with Crippen LogP contribution in [0.5, 0.6) is 0 Å². The van der Waals surface area contributed by atoms with E-state index in [0.29, 0.717) is 35.4 Å². The summed E-state index contributed by atoms with van der Waals surface area (Å²) >= 11 is 0. The van der Waals surface area contributed by atoms with Crippen molar-refractivity contribution in [2.24, 2.45) is 40.4 Å². The van der Waals surface area contributed by atoms with Crippen LogP contribution in [0.25, 0.3) is 0 Å². The minimum absolute atomic E-state index is 0.128. The van der Waals surface area contributed by atoms with Gasteiger partial charge in [-0.2, -0.15) is 0 Å². The number of rotatable bonds is 0. The van der Waals surface area contributed by atoms with Gasteiger partial charge in [-0.15, -0.1) is 0 Å². The minimum atomic E-state index is -0.717. The Morgan fingerprint density at radius 2 is 1.84 bits per heavy atom. The summed E-state index contributed by atoms with van der Waals surface area (Å²) in [6.45, 7) is 9.72. The second-order valence-electron chi connectivity index (χ2n) is 13.0. The first-order chi connectivity index (χ1) is 14.6. The fourth-order valence-electron chi connectivity index (χ4n) is 9.64. The summed E-state index contributed by atoms with van der Waals surface area (Å²) in [4.78, 5) is 0. The topological polar surface area (TPSA) is 58.9 Å². The normalized spacial score (nSPS) is 60.7. The molecule has 6 rings (SSSR count). The Morgan fingerprint density at radius 1 is 1.03 bits per heavy atom. The van der Waals surface area contributed by atoms with Gasteiger partial charge in [0, 0.05) is 12.3 Å². The van der Waals surface area contributed by atoms with Crippen molar-refractivity contribution in [3.8, 4) is 0 Å². The Hall–Kier alpha value is -0.420. The standard InChI is InChI=1S/C27H42O4/c1-16-23-22(31-27(16)12-11-24(2,29)15-30-27)14-21-19-6-5-17-13-18(28)7-9-25(17,3)20(19)8-10-26(21,23)4/h5,16,18-23,28-29H,6-15H2,1-4H3/t16-,18-,19+,20-,21-,22-,23-,24-,25-,26-,27+/m0/s1. The van der Waals surface area contributed by atoms with Crippen LogP contribution in [0.15, 0.2) is 11.6 Å². The predicted molar refractivity (Wildman–Crippen MR) is 119 cm³/mol. The average Bonchev–Trinajstić information content (AvgIpc) is 3.16. The summed E-state index contributed by atoms with van der Waals surface area (Å²) in [6, 6.07) is 0. The number of hydrogen-bond acceptors (Lipinski definition) is 4. The summed E-state index contributed by atoms with van der Waals surface area (Å²) in [5, 5.41) is 20.7. The molecule has 11 atom stereocenters. The summed E-state index contributed by atoms with van der Waals surface area (Å²) < 4.78 is 13.1. The highest BCUT2D eigenvalue weighted by Crippen LogP contribution is 2.70. The van der Waals surface area contributed by atoms with Crippen LogP contribution in [0, 0.1) is 40.4 Å². The Kier molecular flexibility index (Phi) is 4.49. The van der Waals surface area contributed by atoms with Crippen LogP contribution in [-0.2, 0) is 9.47 Å². The highest BCUT2D eigenvalue weighted by molar-refractivity contribution is 5.26. The molecule has 1 spiro atoms. The second kappa shape index (κ2) is 6.58. The summed E-state index contributed by atoms with van der Waals surface area (Å²) in [6.07, 6.45) is 12.3. The zero-order valence-electron chi connectivity index (χ0n) is 19.9. The van der Waals surface area contributed by atoms with Gasteiger partial charge in [0.05, 0.1) is 24.4 Å². The second-order valence-corrected chi connectivity index (χ2v) is 13.0. The first-order valence-corrected chi connectivity index (χ1v) is 13.0. The molecule has 0 radical (unpaired) electrons. The van der Waals surface area contributed by atoms with Crippen LogP contribution >= 0.6 is 0 Å². The highest BCUT2D eigenvalue weighted by Gasteiger charge is 2.69. The van der Waals surface area contributed by atoms with Crippen LogP contribution in [0.1, 0.15) is 85.5 Å². The van der Waals surface area contributed by atoms with Gasteiger partial charge >= 0.3 is 0 Å². The molecule has 6 aliphatic rings. The smallest absolute Gasteiger partial charge is 0.171 e. The third-order valence-electron chi connectivity index (χ3n) is 11.4. The molecule has 2 N–H and O–H groups in total. The van der Waals surface area contributed by atoms with Crippen molar-refractivity contribution in [1.29, 1.82) is 0 Å². The van der Waals surface area contributed by atoms with Crippen LogP contribution in [-0.4, -0.2) is 40.4 Å². The fourth-order valence-corrected chi connectivity index (χ4v) is 9.64. The molecule has 0 aromatic heterocycles. The average molecular weight is 431 g/mol. The quantitative estimate of drug-likeness (QED) is 0.541. The van der Waals surface area contributed by atoms with E-state index in [4.69, 9.17) is 9.47 Å². The number of ether oxygens (including phenoxy) is 2. The molecular weight excluding hydrogens is 388 g/mol. The Bertz CT molecular complexity index is 778. The van der Waals surface area contributed by atoms with E-state index in [-0.39, 0.29) is 6.10 Å². The minimum Gasteiger partial charge on any atom is -0.393 e. The molecule has 2 heterocycles. The van der Waals surface area contributed by atoms with Gasteiger partial charge in [0.1, 0.15) is 0 Å². The van der Waals surface area contributed by atoms with Crippen molar-refractivity contribution >= 4 is 0 Å². The van der Waals surface area contributed by atoms with Crippen molar-refractivity contribution < 1.29 is 19.7 Å². The largest absolute Gasteiger partial charge is 0.393 e. The van der Waals surface area contributed by atoms with Crippen molar-refractivity contribution in [2.75, 3.05) is 6.61 Å². The maximum Gasteiger partial charge on any atom is 0.171 e. The van der Waals surface area contributed by atoms with Crippen molar-refractivity contribution in [2.45, 2.75) is 109 Å². The zero-order valence-corrected chi connectivity index (χ0v) is 19.9. The lowest BCUT2D eigenvalue weighted by Crippen LogP contribution is -2.53. The number of allylic oxidation sites excluding steroid dienone is 1. The lowest BCUT2D eigenvalue weighted by molar-refractivity contribution is -0.293. The van der Waals surface area contributed by atoms with Gasteiger partial charge in [-0.3, -0.25) is 0 Å². The summed E-state index contributed by atoms with van der Waals surface area (Å²) in [5.74, 6) is 2.72. The molecule has 0 aromatic carbocycles. The van der Waals surface area contributed by atoms with E-state index in [1.54, 1.807) is 5.57 Å². The summed E-state index contributed by atoms with van der Waals surface area (Å²) in [5.41, 5.74) is 1.47. The Labute approximate surface area is 187 Å². The molecule has 31 heavy (non-hydrogen) atoms. The number of aliphatic hydroxyl groups is 2. The molecular formula is C27H42O4. The first kappa shape index (κ1) is 21.1. The molecule has 3 saturated carbocycles. The third kappa shape index (κ3) is 2.80. The molecule has 4 aliphatic carbocycles. The molecule has 2 aliphatic heterocycles. The van der Waals surface area contributed by atoms with Gasteiger partial charge in [-0.25, -0.2) is 0 Å². The van der Waals surface area contributed by atoms with Gasteiger partial charge in [-0.1, -0.05) is 32.4 Å². The fraction of sp³-hybridized carbons (Fsp3) is 0.926. The molecule has 0 bridgehead atoms. The van der Waals surface area contributed by atoms with Crippen LogP contribution in [0.4, 0.5) is 0 Å². The SMILES string of the molecule is C[C@H]1[C@H]2[C@H](C[C@H]3[C@@H]4CC=C5C[C@@H](O)CC[C@]5(C)[C@H]4CC[C@]23C)O[C@]12CC[C@](C)(O)CO2.